The van der Waals surface area contributed by atoms with Crippen molar-refractivity contribution in [2.75, 3.05) is 0 Å². The van der Waals surface area contributed by atoms with E-state index in [0.29, 0.717) is 6.42 Å². The van der Waals surface area contributed by atoms with E-state index in [4.69, 9.17) is 5.73 Å². The van der Waals surface area contributed by atoms with Gasteiger partial charge in [-0.05, 0) is 19.4 Å². The lowest BCUT2D eigenvalue weighted by Crippen LogP contribution is -2.18. The van der Waals surface area contributed by atoms with Crippen LogP contribution in [0.15, 0.2) is 23.6 Å². The number of nitrogens with two attached hydrogens (primary N) is 1. The lowest BCUT2D eigenvalue weighted by atomic mass is 9.99. The first-order chi connectivity index (χ1) is 4.70. The minimum Gasteiger partial charge on any atom is -0.324 e. The molecule has 0 bridgehead atoms. The number of allylic oxidation sites excluding steroid dienone is 3. The van der Waals surface area contributed by atoms with Gasteiger partial charge in [0, 0.05) is 12.5 Å². The van der Waals surface area contributed by atoms with Crippen LogP contribution >= 0.6 is 0 Å². The Morgan fingerprint density at radius 2 is 2.20 bits per heavy atom. The summed E-state index contributed by atoms with van der Waals surface area (Å²) in [6.45, 7) is 1.92. The highest BCUT2D eigenvalue weighted by Crippen LogP contribution is 2.20. The van der Waals surface area contributed by atoms with Crippen LogP contribution in [0.5, 0.6) is 0 Å². The Labute approximate surface area is 60.4 Å². The quantitative estimate of drug-likeness (QED) is 0.593. The maximum atomic E-state index is 12.4. The Morgan fingerprint density at radius 1 is 1.50 bits per heavy atom. The van der Waals surface area contributed by atoms with Crippen molar-refractivity contribution in [1.82, 2.24) is 0 Å². The minimum atomic E-state index is -0.0376. The van der Waals surface area contributed by atoms with E-state index in [1.807, 2.05) is 6.92 Å². The van der Waals surface area contributed by atoms with Gasteiger partial charge in [-0.25, -0.2) is 4.39 Å². The number of halogens is 1. The standard InChI is InChI=1S/C8H12FN/c1-6(10)7-2-4-8(9)5-3-7/h2,4,6H,3,5,10H2,1H3. The van der Waals surface area contributed by atoms with Gasteiger partial charge in [-0.3, -0.25) is 0 Å². The normalized spacial score (nSPS) is 21.5. The van der Waals surface area contributed by atoms with Gasteiger partial charge in [0.1, 0.15) is 5.83 Å². The largest absolute Gasteiger partial charge is 0.324 e. The molecule has 1 aliphatic carbocycles. The van der Waals surface area contributed by atoms with Crippen LogP contribution in [0.2, 0.25) is 0 Å². The third-order valence-electron chi connectivity index (χ3n) is 1.72. The van der Waals surface area contributed by atoms with Crippen molar-refractivity contribution in [3.05, 3.63) is 23.6 Å². The molecule has 1 aliphatic rings. The molecular formula is C8H12FN. The van der Waals surface area contributed by atoms with E-state index >= 15 is 0 Å². The molecule has 1 rings (SSSR count). The van der Waals surface area contributed by atoms with Crippen molar-refractivity contribution < 1.29 is 4.39 Å². The van der Waals surface area contributed by atoms with Crippen molar-refractivity contribution in [3.63, 3.8) is 0 Å². The summed E-state index contributed by atoms with van der Waals surface area (Å²) in [7, 11) is 0. The Balaban J connectivity index is 2.64. The summed E-state index contributed by atoms with van der Waals surface area (Å²) in [5.74, 6) is -0.0376. The van der Waals surface area contributed by atoms with Gasteiger partial charge < -0.3 is 5.73 Å². The summed E-state index contributed by atoms with van der Waals surface area (Å²) in [5.41, 5.74) is 6.73. The van der Waals surface area contributed by atoms with Gasteiger partial charge in [0.25, 0.3) is 0 Å². The molecule has 0 fully saturated rings. The van der Waals surface area contributed by atoms with Crippen molar-refractivity contribution in [2.24, 2.45) is 5.73 Å². The lowest BCUT2D eigenvalue weighted by Gasteiger charge is -2.12. The van der Waals surface area contributed by atoms with Gasteiger partial charge in [-0.15, -0.1) is 0 Å². The Hall–Kier alpha value is -0.630. The Bertz CT molecular complexity index is 180. The molecule has 0 amide bonds. The SMILES string of the molecule is CC(N)C1=CC=C(F)CC1. The molecule has 1 nitrogen and oxygen atoms in total. The predicted molar refractivity (Wildman–Crippen MR) is 40.2 cm³/mol. The van der Waals surface area contributed by atoms with Gasteiger partial charge in [-0.1, -0.05) is 11.6 Å². The molecule has 0 aromatic carbocycles. The fraction of sp³-hybridized carbons (Fsp3) is 0.500. The summed E-state index contributed by atoms with van der Waals surface area (Å²) in [6, 6.07) is 0.0735. The van der Waals surface area contributed by atoms with Gasteiger partial charge in [0.05, 0.1) is 0 Å². The molecule has 1 unspecified atom stereocenters. The summed E-state index contributed by atoms with van der Waals surface area (Å²) < 4.78 is 12.4. The molecule has 0 saturated heterocycles. The van der Waals surface area contributed by atoms with Crippen molar-refractivity contribution in [1.29, 1.82) is 0 Å². The van der Waals surface area contributed by atoms with Crippen LogP contribution in [-0.4, -0.2) is 6.04 Å². The monoisotopic (exact) mass is 141 g/mol. The van der Waals surface area contributed by atoms with Crippen LogP contribution in [-0.2, 0) is 0 Å². The second-order valence-corrected chi connectivity index (χ2v) is 2.64. The van der Waals surface area contributed by atoms with E-state index in [1.54, 1.807) is 6.08 Å². The van der Waals surface area contributed by atoms with E-state index in [9.17, 15) is 4.39 Å². The van der Waals surface area contributed by atoms with Crippen molar-refractivity contribution in [2.45, 2.75) is 25.8 Å². The number of hydrogen-bond acceptors (Lipinski definition) is 1. The molecule has 0 heterocycles. The molecule has 0 aliphatic heterocycles. The average Bonchev–Trinajstić information content (AvgIpc) is 1.88. The molecule has 10 heavy (non-hydrogen) atoms. The molecule has 0 radical (unpaired) electrons. The van der Waals surface area contributed by atoms with Gasteiger partial charge >= 0.3 is 0 Å². The second-order valence-electron chi connectivity index (χ2n) is 2.64. The van der Waals surface area contributed by atoms with Crippen LogP contribution in [0.1, 0.15) is 19.8 Å². The summed E-state index contributed by atoms with van der Waals surface area (Å²) >= 11 is 0. The maximum Gasteiger partial charge on any atom is 0.100 e. The number of rotatable bonds is 1. The van der Waals surface area contributed by atoms with Crippen LogP contribution < -0.4 is 5.73 Å². The summed E-state index contributed by atoms with van der Waals surface area (Å²) in [4.78, 5) is 0. The molecule has 1 atom stereocenters. The highest BCUT2D eigenvalue weighted by Gasteiger charge is 2.07. The lowest BCUT2D eigenvalue weighted by molar-refractivity contribution is 0.573. The highest BCUT2D eigenvalue weighted by atomic mass is 19.1. The van der Waals surface area contributed by atoms with Crippen molar-refractivity contribution >= 4 is 0 Å². The smallest absolute Gasteiger partial charge is 0.100 e. The molecule has 0 saturated carbocycles. The zero-order valence-corrected chi connectivity index (χ0v) is 6.10. The van der Waals surface area contributed by atoms with Crippen molar-refractivity contribution in [3.8, 4) is 0 Å². The van der Waals surface area contributed by atoms with Gasteiger partial charge in [0.2, 0.25) is 0 Å². The van der Waals surface area contributed by atoms with E-state index in [-0.39, 0.29) is 11.9 Å². The van der Waals surface area contributed by atoms with Gasteiger partial charge in [0.15, 0.2) is 0 Å². The highest BCUT2D eigenvalue weighted by molar-refractivity contribution is 5.23. The Morgan fingerprint density at radius 3 is 2.60 bits per heavy atom. The molecule has 0 spiro atoms. The molecule has 2 heteroatoms. The average molecular weight is 141 g/mol. The first kappa shape index (κ1) is 7.48. The van der Waals surface area contributed by atoms with Crippen LogP contribution in [0, 0.1) is 0 Å². The fourth-order valence-corrected chi connectivity index (χ4v) is 1.01. The van der Waals surface area contributed by atoms with E-state index in [2.05, 4.69) is 0 Å². The van der Waals surface area contributed by atoms with Crippen LogP contribution in [0.4, 0.5) is 4.39 Å². The zero-order chi connectivity index (χ0) is 7.56. The molecular weight excluding hydrogens is 129 g/mol. The zero-order valence-electron chi connectivity index (χ0n) is 6.10. The number of hydrogen-bond donors (Lipinski definition) is 1. The van der Waals surface area contributed by atoms with E-state index < -0.39 is 0 Å². The first-order valence-corrected chi connectivity index (χ1v) is 3.51. The second kappa shape index (κ2) is 2.97. The third kappa shape index (κ3) is 1.67. The molecule has 0 aromatic rings. The minimum absolute atomic E-state index is 0.0376. The Kier molecular flexibility index (Phi) is 2.22. The topological polar surface area (TPSA) is 26.0 Å². The van der Waals surface area contributed by atoms with Gasteiger partial charge in [-0.2, -0.15) is 0 Å². The molecule has 2 N–H and O–H groups in total. The molecule has 56 valence electrons. The van der Waals surface area contributed by atoms with E-state index in [0.717, 1.165) is 12.0 Å². The predicted octanol–water partition coefficient (Wildman–Crippen LogP) is 1.91. The molecule has 0 aromatic heterocycles. The van der Waals surface area contributed by atoms with Crippen LogP contribution in [0.3, 0.4) is 0 Å². The maximum absolute atomic E-state index is 12.4. The van der Waals surface area contributed by atoms with E-state index in [1.165, 1.54) is 6.08 Å². The first-order valence-electron chi connectivity index (χ1n) is 3.51. The summed E-state index contributed by atoms with van der Waals surface area (Å²) in [5, 5.41) is 0. The third-order valence-corrected chi connectivity index (χ3v) is 1.72. The fourth-order valence-electron chi connectivity index (χ4n) is 1.01. The summed E-state index contributed by atoms with van der Waals surface area (Å²) in [6.07, 6.45) is 4.58. The van der Waals surface area contributed by atoms with Crippen LogP contribution in [0.25, 0.3) is 0 Å².